The summed E-state index contributed by atoms with van der Waals surface area (Å²) in [6.07, 6.45) is -0.672. The molecule has 0 amide bonds. The van der Waals surface area contributed by atoms with Crippen LogP contribution in [-0.2, 0) is 11.2 Å². The number of nitrogens with zero attached hydrogens (tertiary/aromatic N) is 1. The molecule has 4 atom stereocenters. The Morgan fingerprint density at radius 2 is 2.11 bits per heavy atom. The molecule has 2 heterocycles. The summed E-state index contributed by atoms with van der Waals surface area (Å²) in [6.45, 7) is 4.89. The zero-order valence-electron chi connectivity index (χ0n) is 16.1. The molecule has 1 aromatic carbocycles. The lowest BCUT2D eigenvalue weighted by atomic mass is 10.0. The van der Waals surface area contributed by atoms with Crippen LogP contribution in [0.1, 0.15) is 25.8 Å². The first kappa shape index (κ1) is 20.1. The summed E-state index contributed by atoms with van der Waals surface area (Å²) in [5, 5.41) is 30.2. The van der Waals surface area contributed by atoms with Gasteiger partial charge in [-0.3, -0.25) is 0 Å². The van der Waals surface area contributed by atoms with Gasteiger partial charge in [-0.25, -0.2) is 0 Å². The number of H-pyrrole nitrogens is 1. The van der Waals surface area contributed by atoms with E-state index >= 15 is 0 Å². The SMILES string of the molecule is CC(C)N(C)CCc1c[nH]c2cccc(O[C@@H]3C[C@@H](O)[C@H](O)[C@@H](CO)O3)c12. The fourth-order valence-corrected chi connectivity index (χ4v) is 3.35. The van der Waals surface area contributed by atoms with Crippen LogP contribution in [0.4, 0.5) is 0 Å². The predicted molar refractivity (Wildman–Crippen MR) is 103 cm³/mol. The van der Waals surface area contributed by atoms with Crippen molar-refractivity contribution in [1.82, 2.24) is 9.88 Å². The number of rotatable bonds is 7. The minimum atomic E-state index is -1.11. The summed E-state index contributed by atoms with van der Waals surface area (Å²) in [4.78, 5) is 5.57. The molecule has 1 aromatic heterocycles. The largest absolute Gasteiger partial charge is 0.464 e. The Labute approximate surface area is 159 Å². The van der Waals surface area contributed by atoms with E-state index in [-0.39, 0.29) is 13.0 Å². The van der Waals surface area contributed by atoms with Crippen LogP contribution in [0, 0.1) is 0 Å². The first-order chi connectivity index (χ1) is 12.9. The van der Waals surface area contributed by atoms with Crippen LogP contribution in [0.3, 0.4) is 0 Å². The number of aliphatic hydroxyl groups excluding tert-OH is 3. The molecular formula is C20H30N2O5. The maximum atomic E-state index is 10.0. The van der Waals surface area contributed by atoms with Gasteiger partial charge in [0.2, 0.25) is 6.29 Å². The van der Waals surface area contributed by atoms with Crippen molar-refractivity contribution in [3.8, 4) is 5.75 Å². The number of ether oxygens (including phenoxy) is 2. The summed E-state index contributed by atoms with van der Waals surface area (Å²) >= 11 is 0. The highest BCUT2D eigenvalue weighted by Gasteiger charge is 2.37. The van der Waals surface area contributed by atoms with E-state index in [4.69, 9.17) is 9.47 Å². The van der Waals surface area contributed by atoms with E-state index in [1.165, 1.54) is 0 Å². The van der Waals surface area contributed by atoms with Gasteiger partial charge in [0.25, 0.3) is 0 Å². The van der Waals surface area contributed by atoms with Crippen molar-refractivity contribution < 1.29 is 24.8 Å². The first-order valence-electron chi connectivity index (χ1n) is 9.49. The fourth-order valence-electron chi connectivity index (χ4n) is 3.35. The van der Waals surface area contributed by atoms with Crippen LogP contribution in [0.2, 0.25) is 0 Å². The van der Waals surface area contributed by atoms with Crippen molar-refractivity contribution in [2.75, 3.05) is 20.2 Å². The molecule has 0 saturated carbocycles. The van der Waals surface area contributed by atoms with Gasteiger partial charge in [-0.05, 0) is 45.0 Å². The lowest BCUT2D eigenvalue weighted by Gasteiger charge is -2.36. The molecule has 0 radical (unpaired) electrons. The van der Waals surface area contributed by atoms with Crippen LogP contribution in [0.15, 0.2) is 24.4 Å². The smallest absolute Gasteiger partial charge is 0.202 e. The van der Waals surface area contributed by atoms with Crippen molar-refractivity contribution in [2.45, 2.75) is 57.3 Å². The van der Waals surface area contributed by atoms with Crippen LogP contribution >= 0.6 is 0 Å². The third kappa shape index (κ3) is 4.44. The zero-order chi connectivity index (χ0) is 19.6. The molecule has 1 fully saturated rings. The molecule has 0 aliphatic carbocycles. The lowest BCUT2D eigenvalue weighted by molar-refractivity contribution is -0.229. The van der Waals surface area contributed by atoms with Crippen molar-refractivity contribution in [1.29, 1.82) is 0 Å². The van der Waals surface area contributed by atoms with Gasteiger partial charge in [0, 0.05) is 36.1 Å². The van der Waals surface area contributed by atoms with Gasteiger partial charge >= 0.3 is 0 Å². The maximum absolute atomic E-state index is 10.0. The van der Waals surface area contributed by atoms with Gasteiger partial charge in [0.05, 0.1) is 12.7 Å². The lowest BCUT2D eigenvalue weighted by Crippen LogP contribution is -2.51. The van der Waals surface area contributed by atoms with E-state index in [0.717, 1.165) is 29.4 Å². The van der Waals surface area contributed by atoms with E-state index in [0.29, 0.717) is 11.8 Å². The second-order valence-electron chi connectivity index (χ2n) is 7.52. The Hall–Kier alpha value is -1.64. The minimum absolute atomic E-state index is 0.143. The molecule has 150 valence electrons. The number of hydrogen-bond donors (Lipinski definition) is 4. The van der Waals surface area contributed by atoms with E-state index < -0.39 is 24.6 Å². The molecule has 0 unspecified atom stereocenters. The third-order valence-electron chi connectivity index (χ3n) is 5.34. The van der Waals surface area contributed by atoms with E-state index in [1.54, 1.807) is 0 Å². The Balaban J connectivity index is 1.79. The summed E-state index contributed by atoms with van der Waals surface area (Å²) in [7, 11) is 2.11. The van der Waals surface area contributed by atoms with E-state index in [9.17, 15) is 15.3 Å². The van der Waals surface area contributed by atoms with E-state index in [2.05, 4.69) is 30.8 Å². The Kier molecular flexibility index (Phi) is 6.39. The standard InChI is InChI=1S/C20H30N2O5/c1-12(2)22(3)8-7-13-10-21-14-5-4-6-16(19(13)14)26-18-9-15(24)20(25)17(11-23)27-18/h4-6,10,12,15,17-18,20-21,23-25H,7-9,11H2,1-3H3/t15-,17-,18+,20+/m1/s1. The van der Waals surface area contributed by atoms with Gasteiger partial charge < -0.3 is 34.7 Å². The van der Waals surface area contributed by atoms with Crippen LogP contribution < -0.4 is 4.74 Å². The number of nitrogens with one attached hydrogen (secondary N) is 1. The van der Waals surface area contributed by atoms with Gasteiger partial charge in [0.15, 0.2) is 0 Å². The molecule has 0 spiro atoms. The molecule has 27 heavy (non-hydrogen) atoms. The van der Waals surface area contributed by atoms with Gasteiger partial charge in [-0.2, -0.15) is 0 Å². The van der Waals surface area contributed by atoms with Crippen molar-refractivity contribution in [3.63, 3.8) is 0 Å². The average molecular weight is 378 g/mol. The van der Waals surface area contributed by atoms with Crippen LogP contribution in [0.5, 0.6) is 5.75 Å². The number of aliphatic hydroxyl groups is 3. The second kappa shape index (κ2) is 8.58. The van der Waals surface area contributed by atoms with Crippen LogP contribution in [-0.4, -0.2) is 76.0 Å². The van der Waals surface area contributed by atoms with E-state index in [1.807, 2.05) is 24.4 Å². The number of hydrogen-bond acceptors (Lipinski definition) is 6. The summed E-state index contributed by atoms with van der Waals surface area (Å²) < 4.78 is 11.7. The molecule has 3 rings (SSSR count). The number of benzene rings is 1. The predicted octanol–water partition coefficient (Wildman–Crippen LogP) is 1.26. The monoisotopic (exact) mass is 378 g/mol. The molecule has 7 nitrogen and oxygen atoms in total. The normalized spacial score (nSPS) is 26.2. The van der Waals surface area contributed by atoms with Gasteiger partial charge in [0.1, 0.15) is 18.0 Å². The summed E-state index contributed by atoms with van der Waals surface area (Å²) in [5.41, 5.74) is 2.13. The number of aromatic amines is 1. The van der Waals surface area contributed by atoms with Gasteiger partial charge in [-0.15, -0.1) is 0 Å². The number of fused-ring (bicyclic) bond motifs is 1. The minimum Gasteiger partial charge on any atom is -0.464 e. The quantitative estimate of drug-likeness (QED) is 0.579. The van der Waals surface area contributed by atoms with Crippen molar-refractivity contribution in [2.24, 2.45) is 0 Å². The highest BCUT2D eigenvalue weighted by Crippen LogP contribution is 2.32. The van der Waals surface area contributed by atoms with Crippen molar-refractivity contribution in [3.05, 3.63) is 30.0 Å². The summed E-state index contributed by atoms with van der Waals surface area (Å²) in [5.74, 6) is 0.668. The van der Waals surface area contributed by atoms with Crippen LogP contribution in [0.25, 0.3) is 10.9 Å². The molecule has 4 N–H and O–H groups in total. The number of likely N-dealkylation sites (N-methyl/N-ethyl adjacent to an activating group) is 1. The first-order valence-corrected chi connectivity index (χ1v) is 9.49. The summed E-state index contributed by atoms with van der Waals surface area (Å²) in [6, 6.07) is 6.25. The third-order valence-corrected chi connectivity index (χ3v) is 5.34. The maximum Gasteiger partial charge on any atom is 0.202 e. The Morgan fingerprint density at radius 3 is 2.81 bits per heavy atom. The highest BCUT2D eigenvalue weighted by molar-refractivity contribution is 5.89. The molecule has 7 heteroatoms. The average Bonchev–Trinajstić information content (AvgIpc) is 3.06. The Bertz CT molecular complexity index is 747. The van der Waals surface area contributed by atoms with Crippen molar-refractivity contribution >= 4 is 10.9 Å². The zero-order valence-corrected chi connectivity index (χ0v) is 16.1. The molecule has 1 saturated heterocycles. The van der Waals surface area contributed by atoms with Gasteiger partial charge in [-0.1, -0.05) is 6.07 Å². The molecular weight excluding hydrogens is 348 g/mol. The Morgan fingerprint density at radius 1 is 1.33 bits per heavy atom. The molecule has 1 aliphatic rings. The molecule has 1 aliphatic heterocycles. The fraction of sp³-hybridized carbons (Fsp3) is 0.600. The topological polar surface area (TPSA) is 98.2 Å². The molecule has 0 bridgehead atoms. The number of aromatic nitrogens is 1. The highest BCUT2D eigenvalue weighted by atomic mass is 16.7. The second-order valence-corrected chi connectivity index (χ2v) is 7.52. The molecule has 2 aromatic rings.